The van der Waals surface area contributed by atoms with Crippen LogP contribution in [0.5, 0.6) is 0 Å². The number of carbonyl (C=O) groups is 1. The summed E-state index contributed by atoms with van der Waals surface area (Å²) in [5, 5.41) is 7.57. The van der Waals surface area contributed by atoms with Crippen LogP contribution in [0.25, 0.3) is 0 Å². The Morgan fingerprint density at radius 3 is 2.65 bits per heavy atom. The van der Waals surface area contributed by atoms with Gasteiger partial charge in [-0.15, -0.1) is 12.4 Å². The Hall–Kier alpha value is -0.480. The Morgan fingerprint density at radius 1 is 1.35 bits per heavy atom. The van der Waals surface area contributed by atoms with Crippen LogP contribution in [0.3, 0.4) is 0 Å². The smallest absolute Gasteiger partial charge is 0.223 e. The van der Waals surface area contributed by atoms with E-state index in [-0.39, 0.29) is 29.6 Å². The summed E-state index contributed by atoms with van der Waals surface area (Å²) in [6, 6.07) is 6.06. The molecular formula is C17H25Cl3N2O. The van der Waals surface area contributed by atoms with Crippen molar-refractivity contribution in [3.63, 3.8) is 0 Å². The van der Waals surface area contributed by atoms with Crippen molar-refractivity contribution in [3.05, 3.63) is 33.8 Å². The zero-order chi connectivity index (χ0) is 16.3. The predicted molar refractivity (Wildman–Crippen MR) is 99.9 cm³/mol. The van der Waals surface area contributed by atoms with Gasteiger partial charge in [-0.25, -0.2) is 0 Å². The number of halogens is 3. The lowest BCUT2D eigenvalue weighted by molar-refractivity contribution is -0.126. The average molecular weight is 380 g/mol. The number of piperidine rings is 1. The van der Waals surface area contributed by atoms with E-state index in [1.165, 1.54) is 0 Å². The summed E-state index contributed by atoms with van der Waals surface area (Å²) < 4.78 is 0. The van der Waals surface area contributed by atoms with Crippen LogP contribution in [-0.4, -0.2) is 25.0 Å². The predicted octanol–water partition coefficient (Wildman–Crippen LogP) is 4.20. The normalized spacial score (nSPS) is 21.4. The number of hydrogen-bond acceptors (Lipinski definition) is 2. The number of nitrogens with one attached hydrogen (secondary N) is 2. The quantitative estimate of drug-likeness (QED) is 0.823. The summed E-state index contributed by atoms with van der Waals surface area (Å²) in [5.41, 5.74) is 0.878. The minimum absolute atomic E-state index is 0. The van der Waals surface area contributed by atoms with Crippen molar-refractivity contribution in [1.29, 1.82) is 0 Å². The van der Waals surface area contributed by atoms with Crippen LogP contribution in [0.4, 0.5) is 0 Å². The minimum Gasteiger partial charge on any atom is -0.355 e. The fraction of sp³-hybridized carbons (Fsp3) is 0.588. The van der Waals surface area contributed by atoms with Gasteiger partial charge in [-0.3, -0.25) is 4.79 Å². The molecule has 1 aromatic rings. The maximum atomic E-state index is 12.4. The van der Waals surface area contributed by atoms with Crippen LogP contribution >= 0.6 is 35.6 Å². The van der Waals surface area contributed by atoms with Gasteiger partial charge in [0, 0.05) is 23.9 Å². The van der Waals surface area contributed by atoms with Crippen molar-refractivity contribution in [2.45, 2.75) is 45.1 Å². The first-order chi connectivity index (χ1) is 10.3. The number of rotatable bonds is 4. The van der Waals surface area contributed by atoms with Crippen LogP contribution in [-0.2, 0) is 10.2 Å². The van der Waals surface area contributed by atoms with Gasteiger partial charge < -0.3 is 10.6 Å². The van der Waals surface area contributed by atoms with Crippen LogP contribution in [0.2, 0.25) is 10.0 Å². The zero-order valence-corrected chi connectivity index (χ0v) is 16.1. The van der Waals surface area contributed by atoms with Crippen LogP contribution < -0.4 is 10.6 Å². The van der Waals surface area contributed by atoms with E-state index < -0.39 is 0 Å². The molecular weight excluding hydrogens is 355 g/mol. The molecule has 1 aliphatic heterocycles. The van der Waals surface area contributed by atoms with Gasteiger partial charge >= 0.3 is 0 Å². The van der Waals surface area contributed by atoms with Gasteiger partial charge in [0.2, 0.25) is 5.91 Å². The largest absolute Gasteiger partial charge is 0.355 e. The maximum absolute atomic E-state index is 12.4. The molecule has 23 heavy (non-hydrogen) atoms. The molecule has 2 N–H and O–H groups in total. The Kier molecular flexibility index (Phi) is 7.66. The number of hydrogen-bond donors (Lipinski definition) is 2. The van der Waals surface area contributed by atoms with E-state index in [9.17, 15) is 4.79 Å². The molecule has 0 unspecified atom stereocenters. The standard InChI is InChI=1S/C17H24Cl2N2O.ClH/c1-11-8-12(6-7-20-11)16(22)21-10-17(2,3)13-4-5-14(18)15(19)9-13;/h4-5,9,11-12,20H,6-8,10H2,1-3H3,(H,21,22);1H/t11-,12-;/m0./s1. The van der Waals surface area contributed by atoms with Crippen molar-refractivity contribution >= 4 is 41.5 Å². The van der Waals surface area contributed by atoms with Crippen LogP contribution in [0, 0.1) is 5.92 Å². The molecule has 2 rings (SSSR count). The molecule has 1 aromatic carbocycles. The van der Waals surface area contributed by atoms with E-state index in [1.807, 2.05) is 12.1 Å². The van der Waals surface area contributed by atoms with Gasteiger partial charge in [-0.05, 0) is 44.0 Å². The number of benzene rings is 1. The maximum Gasteiger partial charge on any atom is 0.223 e. The Labute approximate surface area is 154 Å². The lowest BCUT2D eigenvalue weighted by Crippen LogP contribution is -2.45. The third kappa shape index (κ3) is 5.53. The summed E-state index contributed by atoms with van der Waals surface area (Å²) in [7, 11) is 0. The monoisotopic (exact) mass is 378 g/mol. The lowest BCUT2D eigenvalue weighted by Gasteiger charge is -2.30. The molecule has 0 spiro atoms. The number of carbonyl (C=O) groups excluding carboxylic acids is 1. The van der Waals surface area contributed by atoms with Crippen molar-refractivity contribution < 1.29 is 4.79 Å². The third-order valence-electron chi connectivity index (χ3n) is 4.40. The second kappa shape index (κ2) is 8.57. The summed E-state index contributed by atoms with van der Waals surface area (Å²) >= 11 is 12.1. The summed E-state index contributed by atoms with van der Waals surface area (Å²) in [6.07, 6.45) is 1.81. The van der Waals surface area contributed by atoms with Gasteiger partial charge in [0.15, 0.2) is 0 Å². The molecule has 0 bridgehead atoms. The summed E-state index contributed by atoms with van der Waals surface area (Å²) in [5.74, 6) is 0.266. The molecule has 3 nitrogen and oxygen atoms in total. The average Bonchev–Trinajstić information content (AvgIpc) is 2.47. The van der Waals surface area contributed by atoms with E-state index >= 15 is 0 Å². The second-order valence-electron chi connectivity index (χ2n) is 6.81. The third-order valence-corrected chi connectivity index (χ3v) is 5.14. The molecule has 1 aliphatic rings. The molecule has 1 saturated heterocycles. The molecule has 1 amide bonds. The SMILES string of the molecule is C[C@H]1C[C@@H](C(=O)NCC(C)(C)c2ccc(Cl)c(Cl)c2)CCN1.Cl. The molecule has 2 atom stereocenters. The van der Waals surface area contributed by atoms with E-state index in [1.54, 1.807) is 6.07 Å². The van der Waals surface area contributed by atoms with Crippen LogP contribution in [0.1, 0.15) is 39.2 Å². The van der Waals surface area contributed by atoms with E-state index in [0.717, 1.165) is 24.9 Å². The van der Waals surface area contributed by atoms with Crippen molar-refractivity contribution in [2.75, 3.05) is 13.1 Å². The first-order valence-corrected chi connectivity index (χ1v) is 8.52. The highest BCUT2D eigenvalue weighted by atomic mass is 35.5. The minimum atomic E-state index is -0.192. The van der Waals surface area contributed by atoms with E-state index in [0.29, 0.717) is 22.6 Å². The van der Waals surface area contributed by atoms with Gasteiger partial charge in [0.1, 0.15) is 0 Å². The highest BCUT2D eigenvalue weighted by Gasteiger charge is 2.27. The molecule has 0 aromatic heterocycles. The summed E-state index contributed by atoms with van der Waals surface area (Å²) in [4.78, 5) is 12.4. The molecule has 0 aliphatic carbocycles. The Bertz CT molecular complexity index is 549. The molecule has 130 valence electrons. The van der Waals surface area contributed by atoms with Crippen molar-refractivity contribution in [2.24, 2.45) is 5.92 Å². The molecule has 1 fully saturated rings. The zero-order valence-electron chi connectivity index (χ0n) is 13.8. The Balaban J connectivity index is 0.00000264. The topological polar surface area (TPSA) is 41.1 Å². The van der Waals surface area contributed by atoms with E-state index in [2.05, 4.69) is 31.4 Å². The molecule has 1 heterocycles. The highest BCUT2D eigenvalue weighted by molar-refractivity contribution is 6.42. The fourth-order valence-corrected chi connectivity index (χ4v) is 3.14. The molecule has 0 radical (unpaired) electrons. The fourth-order valence-electron chi connectivity index (χ4n) is 2.84. The summed E-state index contributed by atoms with van der Waals surface area (Å²) in [6.45, 7) is 7.81. The van der Waals surface area contributed by atoms with E-state index in [4.69, 9.17) is 23.2 Å². The molecule has 0 saturated carbocycles. The first-order valence-electron chi connectivity index (χ1n) is 7.76. The van der Waals surface area contributed by atoms with Gasteiger partial charge in [0.05, 0.1) is 10.0 Å². The Morgan fingerprint density at radius 2 is 2.04 bits per heavy atom. The van der Waals surface area contributed by atoms with Gasteiger partial charge in [-0.2, -0.15) is 0 Å². The van der Waals surface area contributed by atoms with Crippen LogP contribution in [0.15, 0.2) is 18.2 Å². The van der Waals surface area contributed by atoms with Crippen molar-refractivity contribution in [1.82, 2.24) is 10.6 Å². The van der Waals surface area contributed by atoms with Gasteiger partial charge in [-0.1, -0.05) is 43.1 Å². The van der Waals surface area contributed by atoms with Gasteiger partial charge in [0.25, 0.3) is 0 Å². The second-order valence-corrected chi connectivity index (χ2v) is 7.62. The first kappa shape index (κ1) is 20.6. The number of amides is 1. The highest BCUT2D eigenvalue weighted by Crippen LogP contribution is 2.29. The molecule has 6 heteroatoms. The lowest BCUT2D eigenvalue weighted by atomic mass is 9.84. The van der Waals surface area contributed by atoms with Crippen molar-refractivity contribution in [3.8, 4) is 0 Å².